The molecule has 1 aliphatic carbocycles. The Morgan fingerprint density at radius 2 is 1.95 bits per heavy atom. The van der Waals surface area contributed by atoms with Crippen molar-refractivity contribution in [3.05, 3.63) is 0 Å². The van der Waals surface area contributed by atoms with Crippen molar-refractivity contribution < 1.29 is 27.4 Å². The van der Waals surface area contributed by atoms with Gasteiger partial charge in [0.1, 0.15) is 6.79 Å². The van der Waals surface area contributed by atoms with Crippen molar-refractivity contribution in [3.8, 4) is 0 Å². The number of hydrogen-bond donors (Lipinski definition) is 0. The van der Waals surface area contributed by atoms with Crippen molar-refractivity contribution in [1.29, 1.82) is 0 Å². The Morgan fingerprint density at radius 1 is 1.30 bits per heavy atom. The van der Waals surface area contributed by atoms with E-state index in [0.29, 0.717) is 26.6 Å². The van der Waals surface area contributed by atoms with Crippen LogP contribution in [0.4, 0.5) is 13.2 Å². The molecule has 0 aromatic carbocycles. The van der Waals surface area contributed by atoms with E-state index >= 15 is 0 Å². The zero-order valence-corrected chi connectivity index (χ0v) is 12.7. The summed E-state index contributed by atoms with van der Waals surface area (Å²) in [7, 11) is 1.55. The van der Waals surface area contributed by atoms with Crippen LogP contribution in [0.1, 0.15) is 40.0 Å². The van der Waals surface area contributed by atoms with Crippen molar-refractivity contribution in [2.45, 2.75) is 57.2 Å². The van der Waals surface area contributed by atoms with Crippen molar-refractivity contribution in [2.24, 2.45) is 5.92 Å². The second-order valence-electron chi connectivity index (χ2n) is 5.85. The van der Waals surface area contributed by atoms with Crippen molar-refractivity contribution >= 4 is 0 Å². The van der Waals surface area contributed by atoms with Gasteiger partial charge in [-0.25, -0.2) is 13.2 Å². The lowest BCUT2D eigenvalue weighted by molar-refractivity contribution is -0.166. The van der Waals surface area contributed by atoms with Crippen LogP contribution in [-0.2, 0) is 14.2 Å². The molecule has 1 rings (SSSR count). The predicted octanol–water partition coefficient (Wildman–Crippen LogP) is 3.57. The molecule has 0 spiro atoms. The Bertz CT molecular complexity index is 309. The first kappa shape index (κ1) is 17.7. The van der Waals surface area contributed by atoms with Gasteiger partial charge in [0.25, 0.3) is 5.92 Å². The fraction of sp³-hybridized carbons (Fsp3) is 1.00. The van der Waals surface area contributed by atoms with E-state index in [1.165, 1.54) is 0 Å². The Morgan fingerprint density at radius 3 is 2.40 bits per heavy atom. The van der Waals surface area contributed by atoms with E-state index in [4.69, 9.17) is 14.2 Å². The summed E-state index contributed by atoms with van der Waals surface area (Å²) in [6.45, 7) is 4.79. The van der Waals surface area contributed by atoms with Crippen LogP contribution in [0.25, 0.3) is 0 Å². The van der Waals surface area contributed by atoms with E-state index < -0.39 is 23.1 Å². The largest absolute Gasteiger partial charge is 0.382 e. The predicted molar refractivity (Wildman–Crippen MR) is 69.7 cm³/mol. The summed E-state index contributed by atoms with van der Waals surface area (Å²) in [5.41, 5.74) is -3.43. The molecule has 0 amide bonds. The van der Waals surface area contributed by atoms with Gasteiger partial charge in [0.2, 0.25) is 0 Å². The fourth-order valence-electron chi connectivity index (χ4n) is 2.92. The molecular formula is C14H25F3O3. The summed E-state index contributed by atoms with van der Waals surface area (Å²) in [5.74, 6) is -4.07. The second-order valence-corrected chi connectivity index (χ2v) is 5.85. The Kier molecular flexibility index (Phi) is 5.87. The third-order valence-corrected chi connectivity index (χ3v) is 4.10. The molecule has 3 unspecified atom stereocenters. The molecule has 6 heteroatoms. The average molecular weight is 298 g/mol. The number of alkyl halides is 3. The number of hydrogen-bond acceptors (Lipinski definition) is 3. The lowest BCUT2D eigenvalue weighted by Crippen LogP contribution is -2.45. The number of halogens is 3. The molecule has 0 heterocycles. The van der Waals surface area contributed by atoms with Gasteiger partial charge in [-0.05, 0) is 19.8 Å². The van der Waals surface area contributed by atoms with Crippen LogP contribution in [0.5, 0.6) is 0 Å². The number of ether oxygens (including phenoxy) is 3. The lowest BCUT2D eigenvalue weighted by Gasteiger charge is -2.32. The molecule has 0 aliphatic heterocycles. The zero-order chi connectivity index (χ0) is 15.4. The summed E-state index contributed by atoms with van der Waals surface area (Å²) < 4.78 is 57.4. The monoisotopic (exact) mass is 298 g/mol. The number of methoxy groups -OCH3 is 1. The maximum absolute atomic E-state index is 14.7. The normalized spacial score (nSPS) is 34.6. The summed E-state index contributed by atoms with van der Waals surface area (Å²) in [6.07, 6.45) is 0.329. The van der Waals surface area contributed by atoms with Crippen LogP contribution in [-0.4, -0.2) is 44.3 Å². The third-order valence-electron chi connectivity index (χ3n) is 4.10. The van der Waals surface area contributed by atoms with Gasteiger partial charge in [0.15, 0.2) is 5.67 Å². The van der Waals surface area contributed by atoms with Gasteiger partial charge >= 0.3 is 0 Å². The highest BCUT2D eigenvalue weighted by Crippen LogP contribution is 2.54. The van der Waals surface area contributed by atoms with Gasteiger partial charge < -0.3 is 14.2 Å². The van der Waals surface area contributed by atoms with Crippen LogP contribution >= 0.6 is 0 Å². The van der Waals surface area contributed by atoms with Crippen LogP contribution < -0.4 is 0 Å². The minimum absolute atomic E-state index is 0.0400. The molecule has 1 fully saturated rings. The molecule has 0 aromatic rings. The van der Waals surface area contributed by atoms with Gasteiger partial charge in [0, 0.05) is 26.4 Å². The first-order valence-corrected chi connectivity index (χ1v) is 6.96. The van der Waals surface area contributed by atoms with Crippen LogP contribution in [0.2, 0.25) is 0 Å². The van der Waals surface area contributed by atoms with Crippen molar-refractivity contribution in [3.63, 3.8) is 0 Å². The molecule has 0 saturated heterocycles. The van der Waals surface area contributed by atoms with E-state index in [2.05, 4.69) is 0 Å². The summed E-state index contributed by atoms with van der Waals surface area (Å²) in [4.78, 5) is 0. The van der Waals surface area contributed by atoms with E-state index in [1.54, 1.807) is 21.0 Å². The zero-order valence-electron chi connectivity index (χ0n) is 12.7. The minimum atomic E-state index is -3.37. The number of rotatable bonds is 8. The minimum Gasteiger partial charge on any atom is -0.382 e. The molecule has 0 aromatic heterocycles. The Balaban J connectivity index is 2.60. The highest BCUT2D eigenvalue weighted by molar-refractivity contribution is 5.08. The maximum atomic E-state index is 14.7. The maximum Gasteiger partial charge on any atom is 0.279 e. The molecule has 1 saturated carbocycles. The fourth-order valence-corrected chi connectivity index (χ4v) is 2.92. The van der Waals surface area contributed by atoms with Gasteiger partial charge in [-0.3, -0.25) is 0 Å². The Hall–Kier alpha value is -0.330. The summed E-state index contributed by atoms with van der Waals surface area (Å²) >= 11 is 0. The van der Waals surface area contributed by atoms with Crippen molar-refractivity contribution in [1.82, 2.24) is 0 Å². The summed E-state index contributed by atoms with van der Waals surface area (Å²) in [6, 6.07) is 0. The first-order chi connectivity index (χ1) is 9.18. The van der Waals surface area contributed by atoms with Gasteiger partial charge in [-0.15, -0.1) is 0 Å². The molecule has 0 N–H and O–H groups in total. The second kappa shape index (κ2) is 6.62. The molecule has 120 valence electrons. The topological polar surface area (TPSA) is 27.7 Å². The summed E-state index contributed by atoms with van der Waals surface area (Å²) in [5, 5.41) is 0. The van der Waals surface area contributed by atoms with Crippen molar-refractivity contribution in [2.75, 3.05) is 27.1 Å². The molecule has 3 atom stereocenters. The smallest absolute Gasteiger partial charge is 0.279 e. The SMILES string of the molecule is CCC1CC(C)(OCOCCOC)CC1(F)C(C)(F)F. The van der Waals surface area contributed by atoms with E-state index in [9.17, 15) is 13.2 Å². The third kappa shape index (κ3) is 3.86. The molecule has 0 radical (unpaired) electrons. The van der Waals surface area contributed by atoms with Crippen LogP contribution in [0.3, 0.4) is 0 Å². The quantitative estimate of drug-likeness (QED) is 0.506. The molecule has 1 aliphatic rings. The lowest BCUT2D eigenvalue weighted by atomic mass is 9.85. The molecular weight excluding hydrogens is 273 g/mol. The van der Waals surface area contributed by atoms with Gasteiger partial charge in [-0.2, -0.15) is 0 Å². The highest BCUT2D eigenvalue weighted by atomic mass is 19.3. The highest BCUT2D eigenvalue weighted by Gasteiger charge is 2.64. The van der Waals surface area contributed by atoms with Crippen LogP contribution in [0, 0.1) is 5.92 Å². The van der Waals surface area contributed by atoms with E-state index in [0.717, 1.165) is 0 Å². The molecule has 20 heavy (non-hydrogen) atoms. The first-order valence-electron chi connectivity index (χ1n) is 6.96. The van der Waals surface area contributed by atoms with Gasteiger partial charge in [0.05, 0.1) is 18.8 Å². The molecule has 0 bridgehead atoms. The van der Waals surface area contributed by atoms with E-state index in [1.807, 2.05) is 0 Å². The van der Waals surface area contributed by atoms with E-state index in [-0.39, 0.29) is 19.6 Å². The molecule has 3 nitrogen and oxygen atoms in total. The van der Waals surface area contributed by atoms with Gasteiger partial charge in [-0.1, -0.05) is 6.92 Å². The van der Waals surface area contributed by atoms with Crippen LogP contribution in [0.15, 0.2) is 0 Å². The Labute approximate surface area is 118 Å². The average Bonchev–Trinajstić information content (AvgIpc) is 2.61. The standard InChI is InChI=1S/C14H25F3O3/c1-5-11-8-12(2,20-10-19-7-6-18-4)9-14(11,17)13(3,15)16/h11H,5-10H2,1-4H3.